The fourth-order valence-electron chi connectivity index (χ4n) is 4.05. The van der Waals surface area contributed by atoms with E-state index in [1.807, 2.05) is 13.2 Å². The summed E-state index contributed by atoms with van der Waals surface area (Å²) in [4.78, 5) is 20.4. The molecule has 3 N–H and O–H groups in total. The number of hydrogen-bond acceptors (Lipinski definition) is 4. The van der Waals surface area contributed by atoms with Gasteiger partial charge >= 0.3 is 0 Å². The molecule has 152 valence electrons. The van der Waals surface area contributed by atoms with Crippen molar-refractivity contribution in [2.24, 2.45) is 5.92 Å². The molecule has 7 nitrogen and oxygen atoms in total. The van der Waals surface area contributed by atoms with Gasteiger partial charge in [0.25, 0.3) is 0 Å². The van der Waals surface area contributed by atoms with Gasteiger partial charge in [0, 0.05) is 46.9 Å². The van der Waals surface area contributed by atoms with E-state index in [9.17, 15) is 4.79 Å². The Balaban J connectivity index is 1.43. The number of carbonyl (C=O) groups is 1. The Kier molecular flexibility index (Phi) is 3.92. The van der Waals surface area contributed by atoms with Gasteiger partial charge in [-0.3, -0.25) is 9.48 Å². The minimum atomic E-state index is 0.0633. The summed E-state index contributed by atoms with van der Waals surface area (Å²) < 4.78 is 2.10. The minimum Gasteiger partial charge on any atom is -0.351 e. The molecule has 3 aromatic heterocycles. The first-order chi connectivity index (χ1) is 14.7. The molecule has 0 saturated heterocycles. The van der Waals surface area contributed by atoms with Crippen LogP contribution in [0, 0.1) is 5.92 Å². The molecule has 4 aromatic rings. The van der Waals surface area contributed by atoms with Gasteiger partial charge < -0.3 is 15.6 Å². The summed E-state index contributed by atoms with van der Waals surface area (Å²) in [6.07, 6.45) is 8.37. The summed E-state index contributed by atoms with van der Waals surface area (Å²) >= 11 is 0. The molecule has 1 aromatic carbocycles. The van der Waals surface area contributed by atoms with E-state index in [1.54, 1.807) is 0 Å². The monoisotopic (exact) mass is 400 g/mol. The van der Waals surface area contributed by atoms with Crippen molar-refractivity contribution >= 4 is 33.5 Å². The normalized spacial score (nSPS) is 16.4. The Morgan fingerprint density at radius 1 is 1.23 bits per heavy atom. The molecule has 0 unspecified atom stereocenters. The molecule has 0 bridgehead atoms. The number of anilines is 1. The summed E-state index contributed by atoms with van der Waals surface area (Å²) in [5.41, 5.74) is 5.05. The van der Waals surface area contributed by atoms with E-state index in [4.69, 9.17) is 5.10 Å². The summed E-state index contributed by atoms with van der Waals surface area (Å²) in [6.45, 7) is 0.711. The second-order valence-electron chi connectivity index (χ2n) is 8.51. The number of fused-ring (bicyclic) bond motifs is 2. The average molecular weight is 400 g/mol. The summed E-state index contributed by atoms with van der Waals surface area (Å²) in [5, 5.41) is 13.2. The molecule has 6 rings (SSSR count). The number of pyridine rings is 1. The highest BCUT2D eigenvalue weighted by atomic mass is 16.2. The lowest BCUT2D eigenvalue weighted by atomic mass is 10.1. The highest BCUT2D eigenvalue weighted by Gasteiger charge is 2.30. The standard InChI is InChI=1S/C23H24N6O/c1-24-10-16-11-25-22(27-23(30)13-2-3-13)21-18(16)9-19(26-21)14-4-5-15-12-29(17-6-7-17)28-20(15)8-14/h4-5,8-9,11-13,17,24,26H,2-3,6-7,10H2,1H3,(H,25,27,30). The summed E-state index contributed by atoms with van der Waals surface area (Å²) in [5.74, 6) is 0.803. The van der Waals surface area contributed by atoms with E-state index in [2.05, 4.69) is 55.7 Å². The number of carbonyl (C=O) groups excluding carboxylic acids is 1. The lowest BCUT2D eigenvalue weighted by Gasteiger charge is -2.08. The van der Waals surface area contributed by atoms with E-state index >= 15 is 0 Å². The van der Waals surface area contributed by atoms with Crippen molar-refractivity contribution in [2.45, 2.75) is 38.3 Å². The number of H-pyrrole nitrogens is 1. The lowest BCUT2D eigenvalue weighted by molar-refractivity contribution is -0.117. The molecule has 0 radical (unpaired) electrons. The SMILES string of the molecule is CNCc1cnc(NC(=O)C2CC2)c2[nH]c(-c3ccc4cn(C5CC5)nc4c3)cc12. The average Bonchev–Trinajstić information content (AvgIpc) is 3.68. The van der Waals surface area contributed by atoms with E-state index in [0.29, 0.717) is 18.4 Å². The largest absolute Gasteiger partial charge is 0.351 e. The Hall–Kier alpha value is -3.19. The second-order valence-corrected chi connectivity index (χ2v) is 8.51. The zero-order valence-electron chi connectivity index (χ0n) is 16.9. The van der Waals surface area contributed by atoms with Crippen LogP contribution in [0.25, 0.3) is 33.1 Å². The highest BCUT2D eigenvalue weighted by Crippen LogP contribution is 2.36. The topological polar surface area (TPSA) is 87.6 Å². The Morgan fingerprint density at radius 3 is 2.87 bits per heavy atom. The first-order valence-electron chi connectivity index (χ1n) is 10.6. The maximum Gasteiger partial charge on any atom is 0.228 e. The number of hydrogen-bond donors (Lipinski definition) is 3. The molecule has 2 saturated carbocycles. The van der Waals surface area contributed by atoms with Crippen molar-refractivity contribution in [3.05, 3.63) is 42.2 Å². The number of benzene rings is 1. The highest BCUT2D eigenvalue weighted by molar-refractivity contribution is 6.03. The van der Waals surface area contributed by atoms with Crippen LogP contribution in [0.1, 0.15) is 37.3 Å². The molecule has 1 amide bonds. The van der Waals surface area contributed by atoms with Gasteiger partial charge in [0.15, 0.2) is 5.82 Å². The van der Waals surface area contributed by atoms with Crippen LogP contribution in [0.15, 0.2) is 36.7 Å². The van der Waals surface area contributed by atoms with Crippen LogP contribution < -0.4 is 10.6 Å². The summed E-state index contributed by atoms with van der Waals surface area (Å²) in [7, 11) is 1.92. The minimum absolute atomic E-state index is 0.0633. The van der Waals surface area contributed by atoms with Crippen LogP contribution in [0.3, 0.4) is 0 Å². The molecular weight excluding hydrogens is 376 g/mol. The quantitative estimate of drug-likeness (QED) is 0.457. The van der Waals surface area contributed by atoms with Crippen molar-refractivity contribution in [1.29, 1.82) is 0 Å². The maximum absolute atomic E-state index is 12.3. The summed E-state index contributed by atoms with van der Waals surface area (Å²) in [6, 6.07) is 9.11. The van der Waals surface area contributed by atoms with Crippen LogP contribution in [0.5, 0.6) is 0 Å². The van der Waals surface area contributed by atoms with Gasteiger partial charge in [-0.2, -0.15) is 5.10 Å². The van der Waals surface area contributed by atoms with Gasteiger partial charge in [-0.15, -0.1) is 0 Å². The third kappa shape index (κ3) is 3.06. The molecule has 7 heteroatoms. The number of amides is 1. The Bertz CT molecular complexity index is 1280. The zero-order valence-corrected chi connectivity index (χ0v) is 16.9. The van der Waals surface area contributed by atoms with Crippen LogP contribution in [-0.2, 0) is 11.3 Å². The smallest absolute Gasteiger partial charge is 0.228 e. The predicted octanol–water partition coefficient (Wildman–Crippen LogP) is 3.98. The van der Waals surface area contributed by atoms with Crippen molar-refractivity contribution in [2.75, 3.05) is 12.4 Å². The third-order valence-electron chi connectivity index (χ3n) is 6.06. The van der Waals surface area contributed by atoms with Crippen molar-refractivity contribution in [3.8, 4) is 11.3 Å². The number of aromatic amines is 1. The van der Waals surface area contributed by atoms with Gasteiger partial charge in [0.1, 0.15) is 0 Å². The third-order valence-corrected chi connectivity index (χ3v) is 6.06. The van der Waals surface area contributed by atoms with E-state index in [1.165, 1.54) is 12.8 Å². The predicted molar refractivity (Wildman–Crippen MR) is 117 cm³/mol. The fraction of sp³-hybridized carbons (Fsp3) is 0.348. The van der Waals surface area contributed by atoms with Gasteiger partial charge in [-0.1, -0.05) is 12.1 Å². The Labute approximate surface area is 173 Å². The Morgan fingerprint density at radius 2 is 2.10 bits per heavy atom. The van der Waals surface area contributed by atoms with E-state index in [0.717, 1.165) is 51.5 Å². The van der Waals surface area contributed by atoms with Crippen molar-refractivity contribution in [1.82, 2.24) is 25.1 Å². The zero-order chi connectivity index (χ0) is 20.2. The fourth-order valence-corrected chi connectivity index (χ4v) is 4.05. The van der Waals surface area contributed by atoms with Gasteiger partial charge in [0.2, 0.25) is 5.91 Å². The first kappa shape index (κ1) is 17.7. The molecule has 2 aliphatic rings. The van der Waals surface area contributed by atoms with Crippen LogP contribution >= 0.6 is 0 Å². The van der Waals surface area contributed by atoms with Gasteiger partial charge in [-0.25, -0.2) is 4.98 Å². The molecule has 30 heavy (non-hydrogen) atoms. The van der Waals surface area contributed by atoms with E-state index < -0.39 is 0 Å². The number of nitrogens with one attached hydrogen (secondary N) is 3. The molecule has 2 fully saturated rings. The molecule has 0 atom stereocenters. The number of nitrogens with zero attached hydrogens (tertiary/aromatic N) is 3. The second kappa shape index (κ2) is 6.67. The van der Waals surface area contributed by atoms with Crippen molar-refractivity contribution < 1.29 is 4.79 Å². The lowest BCUT2D eigenvalue weighted by Crippen LogP contribution is -2.15. The number of rotatable bonds is 6. The molecular formula is C23H24N6O. The van der Waals surface area contributed by atoms with Crippen LogP contribution in [0.4, 0.5) is 5.82 Å². The van der Waals surface area contributed by atoms with Crippen LogP contribution in [0.2, 0.25) is 0 Å². The van der Waals surface area contributed by atoms with Crippen molar-refractivity contribution in [3.63, 3.8) is 0 Å². The van der Waals surface area contributed by atoms with Gasteiger partial charge in [0.05, 0.1) is 17.1 Å². The van der Waals surface area contributed by atoms with E-state index in [-0.39, 0.29) is 11.8 Å². The first-order valence-corrected chi connectivity index (χ1v) is 10.6. The maximum atomic E-state index is 12.3. The number of aromatic nitrogens is 4. The van der Waals surface area contributed by atoms with Gasteiger partial charge in [-0.05, 0) is 50.4 Å². The van der Waals surface area contributed by atoms with Crippen LogP contribution in [-0.4, -0.2) is 32.7 Å². The molecule has 3 heterocycles. The molecule has 0 spiro atoms. The molecule has 2 aliphatic carbocycles. The molecule has 0 aliphatic heterocycles.